The number of nitrogens with zero attached hydrogens (tertiary/aromatic N) is 1. The second-order valence-corrected chi connectivity index (χ2v) is 5.78. The Labute approximate surface area is 155 Å². The fourth-order valence-corrected chi connectivity index (χ4v) is 2.25. The Bertz CT molecular complexity index is 689. The minimum Gasteiger partial charge on any atom is -0.370 e. The maximum Gasteiger partial charge on any atom is 0.193 e. The maximum absolute atomic E-state index is 13.6. The molecular formula is C16H18BrFIN3. The highest BCUT2D eigenvalue weighted by Gasteiger charge is 2.03. The summed E-state index contributed by atoms with van der Waals surface area (Å²) in [5.41, 5.74) is 9.59. The summed E-state index contributed by atoms with van der Waals surface area (Å²) in [5.74, 6) is -0.0291. The zero-order chi connectivity index (χ0) is 15.4. The number of guanidine groups is 1. The van der Waals surface area contributed by atoms with Crippen LogP contribution in [-0.4, -0.2) is 5.96 Å². The molecule has 0 radical (unpaired) electrons. The Hall–Kier alpha value is -1.15. The Balaban J connectivity index is 0.00000242. The van der Waals surface area contributed by atoms with E-state index in [1.54, 1.807) is 12.1 Å². The molecule has 0 aliphatic carbocycles. The number of aryl methyl sites for hydroxylation is 2. The molecule has 3 nitrogen and oxygen atoms in total. The van der Waals surface area contributed by atoms with Gasteiger partial charge in [0.25, 0.3) is 0 Å². The lowest BCUT2D eigenvalue weighted by Crippen LogP contribution is -2.22. The highest BCUT2D eigenvalue weighted by atomic mass is 127. The zero-order valence-corrected chi connectivity index (χ0v) is 16.3. The summed E-state index contributed by atoms with van der Waals surface area (Å²) in [7, 11) is 0. The topological polar surface area (TPSA) is 50.4 Å². The summed E-state index contributed by atoms with van der Waals surface area (Å²) >= 11 is 3.31. The second kappa shape index (κ2) is 8.47. The van der Waals surface area contributed by atoms with Gasteiger partial charge in [-0.15, -0.1) is 24.0 Å². The number of aliphatic imine (C=N–C) groups is 1. The molecule has 118 valence electrons. The van der Waals surface area contributed by atoms with E-state index < -0.39 is 0 Å². The van der Waals surface area contributed by atoms with Gasteiger partial charge in [0.2, 0.25) is 0 Å². The van der Waals surface area contributed by atoms with Crippen molar-refractivity contribution < 1.29 is 4.39 Å². The number of halogens is 3. The summed E-state index contributed by atoms with van der Waals surface area (Å²) in [4.78, 5) is 4.17. The molecule has 2 aromatic rings. The first-order chi connectivity index (χ1) is 9.95. The third-order valence-corrected chi connectivity index (χ3v) is 3.70. The van der Waals surface area contributed by atoms with E-state index in [9.17, 15) is 4.39 Å². The van der Waals surface area contributed by atoms with Gasteiger partial charge in [-0.3, -0.25) is 0 Å². The third-order valence-electron chi connectivity index (χ3n) is 3.21. The van der Waals surface area contributed by atoms with Gasteiger partial charge in [0, 0.05) is 15.7 Å². The molecule has 3 N–H and O–H groups in total. The van der Waals surface area contributed by atoms with Crippen LogP contribution in [0.1, 0.15) is 16.7 Å². The number of hydrogen-bond donors (Lipinski definition) is 2. The van der Waals surface area contributed by atoms with Crippen LogP contribution in [-0.2, 0) is 6.54 Å². The second-order valence-electron chi connectivity index (χ2n) is 4.86. The molecule has 0 heterocycles. The van der Waals surface area contributed by atoms with Crippen molar-refractivity contribution in [1.29, 1.82) is 0 Å². The lowest BCUT2D eigenvalue weighted by molar-refractivity contribution is 0.610. The van der Waals surface area contributed by atoms with Crippen LogP contribution >= 0.6 is 39.9 Å². The van der Waals surface area contributed by atoms with E-state index in [0.717, 1.165) is 10.2 Å². The number of anilines is 1. The van der Waals surface area contributed by atoms with Crippen molar-refractivity contribution in [2.45, 2.75) is 20.4 Å². The first-order valence-electron chi connectivity index (χ1n) is 6.54. The lowest BCUT2D eigenvalue weighted by atomic mass is 10.1. The summed E-state index contributed by atoms with van der Waals surface area (Å²) in [6, 6.07) is 10.7. The number of rotatable bonds is 3. The van der Waals surface area contributed by atoms with Crippen molar-refractivity contribution in [1.82, 2.24) is 0 Å². The smallest absolute Gasteiger partial charge is 0.193 e. The highest BCUT2D eigenvalue weighted by Crippen LogP contribution is 2.17. The molecule has 2 aromatic carbocycles. The summed E-state index contributed by atoms with van der Waals surface area (Å²) < 4.78 is 14.4. The van der Waals surface area contributed by atoms with Crippen LogP contribution in [0.25, 0.3) is 0 Å². The molecule has 22 heavy (non-hydrogen) atoms. The molecule has 0 unspecified atom stereocenters. The molecule has 0 amide bonds. The highest BCUT2D eigenvalue weighted by molar-refractivity contribution is 14.0. The standard InChI is InChI=1S/C16H17BrFN3.HI/c1-10-3-5-14(7-11(10)2)21-16(19)20-9-12-8-13(17)4-6-15(12)18;/h3-8H,9H2,1-2H3,(H3,19,20,21);1H. The van der Waals surface area contributed by atoms with Crippen molar-refractivity contribution in [3.05, 3.63) is 63.4 Å². The molecule has 6 heteroatoms. The van der Waals surface area contributed by atoms with E-state index in [4.69, 9.17) is 5.73 Å². The Morgan fingerprint density at radius 1 is 1.18 bits per heavy atom. The van der Waals surface area contributed by atoms with Gasteiger partial charge in [-0.25, -0.2) is 9.38 Å². The molecular weight excluding hydrogens is 460 g/mol. The first kappa shape index (κ1) is 18.9. The molecule has 0 aromatic heterocycles. The van der Waals surface area contributed by atoms with Gasteiger partial charge in [0.05, 0.1) is 6.54 Å². The van der Waals surface area contributed by atoms with Crippen LogP contribution in [0.2, 0.25) is 0 Å². The van der Waals surface area contributed by atoms with Crippen LogP contribution in [0, 0.1) is 19.7 Å². The van der Waals surface area contributed by atoms with Crippen LogP contribution < -0.4 is 11.1 Å². The van der Waals surface area contributed by atoms with Gasteiger partial charge in [0.1, 0.15) is 5.82 Å². The summed E-state index contributed by atoms with van der Waals surface area (Å²) in [6.07, 6.45) is 0. The van der Waals surface area contributed by atoms with Crippen LogP contribution in [0.3, 0.4) is 0 Å². The lowest BCUT2D eigenvalue weighted by Gasteiger charge is -2.08. The number of nitrogens with two attached hydrogens (primary N) is 1. The Morgan fingerprint density at radius 3 is 2.59 bits per heavy atom. The van der Waals surface area contributed by atoms with E-state index in [0.29, 0.717) is 5.56 Å². The summed E-state index contributed by atoms with van der Waals surface area (Å²) in [6.45, 7) is 4.27. The molecule has 0 bridgehead atoms. The van der Waals surface area contributed by atoms with Crippen molar-refractivity contribution in [3.8, 4) is 0 Å². The average molecular weight is 478 g/mol. The Morgan fingerprint density at radius 2 is 1.91 bits per heavy atom. The summed E-state index contributed by atoms with van der Waals surface area (Å²) in [5, 5.41) is 3.01. The Kier molecular flexibility index (Phi) is 7.28. The molecule has 0 saturated heterocycles. The van der Waals surface area contributed by atoms with Crippen molar-refractivity contribution >= 4 is 51.6 Å². The zero-order valence-electron chi connectivity index (χ0n) is 12.4. The van der Waals surface area contributed by atoms with Gasteiger partial charge < -0.3 is 11.1 Å². The largest absolute Gasteiger partial charge is 0.370 e. The molecule has 0 fully saturated rings. The molecule has 0 spiro atoms. The molecule has 0 aliphatic rings. The van der Waals surface area contributed by atoms with Crippen molar-refractivity contribution in [2.75, 3.05) is 5.32 Å². The monoisotopic (exact) mass is 477 g/mol. The van der Waals surface area contributed by atoms with Gasteiger partial charge >= 0.3 is 0 Å². The number of hydrogen-bond acceptors (Lipinski definition) is 1. The van der Waals surface area contributed by atoms with E-state index in [1.807, 2.05) is 32.0 Å². The third kappa shape index (κ3) is 5.24. The predicted molar refractivity (Wildman–Crippen MR) is 104 cm³/mol. The van der Waals surface area contributed by atoms with Crippen LogP contribution in [0.4, 0.5) is 10.1 Å². The molecule has 0 atom stereocenters. The van der Waals surface area contributed by atoms with E-state index in [1.165, 1.54) is 17.2 Å². The molecule has 2 rings (SSSR count). The first-order valence-corrected chi connectivity index (χ1v) is 7.33. The van der Waals surface area contributed by atoms with Gasteiger partial charge in [-0.05, 0) is 55.3 Å². The molecule has 0 saturated carbocycles. The van der Waals surface area contributed by atoms with Crippen molar-refractivity contribution in [3.63, 3.8) is 0 Å². The number of benzene rings is 2. The van der Waals surface area contributed by atoms with Crippen molar-refractivity contribution in [2.24, 2.45) is 10.7 Å². The maximum atomic E-state index is 13.6. The fraction of sp³-hybridized carbons (Fsp3) is 0.188. The number of nitrogens with one attached hydrogen (secondary N) is 1. The van der Waals surface area contributed by atoms with Gasteiger partial charge in [-0.1, -0.05) is 22.0 Å². The minimum absolute atomic E-state index is 0. The van der Waals surface area contributed by atoms with E-state index in [2.05, 4.69) is 26.2 Å². The van der Waals surface area contributed by atoms with Gasteiger partial charge in [-0.2, -0.15) is 0 Å². The van der Waals surface area contributed by atoms with Crippen LogP contribution in [0.5, 0.6) is 0 Å². The predicted octanol–water partition coefficient (Wildman–Crippen LogP) is 4.75. The van der Waals surface area contributed by atoms with E-state index >= 15 is 0 Å². The fourth-order valence-electron chi connectivity index (χ4n) is 1.84. The molecule has 0 aliphatic heterocycles. The quantitative estimate of drug-likeness (QED) is 0.380. The van der Waals surface area contributed by atoms with Crippen LogP contribution in [0.15, 0.2) is 45.9 Å². The van der Waals surface area contributed by atoms with E-state index in [-0.39, 0.29) is 42.3 Å². The average Bonchev–Trinajstić information content (AvgIpc) is 2.44. The SMILES string of the molecule is Cc1ccc(NC(N)=NCc2cc(Br)ccc2F)cc1C.I. The normalized spacial score (nSPS) is 11.0. The minimum atomic E-state index is -0.291. The van der Waals surface area contributed by atoms with Gasteiger partial charge in [0.15, 0.2) is 5.96 Å².